The van der Waals surface area contributed by atoms with E-state index in [9.17, 15) is 9.18 Å². The van der Waals surface area contributed by atoms with Gasteiger partial charge in [0.25, 0.3) is 5.91 Å². The van der Waals surface area contributed by atoms with Gasteiger partial charge in [0.05, 0.1) is 5.56 Å². The van der Waals surface area contributed by atoms with Gasteiger partial charge in [-0.2, -0.15) is 0 Å². The molecule has 0 saturated heterocycles. The highest BCUT2D eigenvalue weighted by Gasteiger charge is 2.32. The highest BCUT2D eigenvalue weighted by Crippen LogP contribution is 2.29. The first-order valence-corrected chi connectivity index (χ1v) is 6.18. The van der Waals surface area contributed by atoms with Crippen LogP contribution >= 0.6 is 15.9 Å². The van der Waals surface area contributed by atoms with Crippen molar-refractivity contribution in [2.45, 2.75) is 25.8 Å². The zero-order valence-corrected chi connectivity index (χ0v) is 10.6. The maximum atomic E-state index is 13.1. The minimum Gasteiger partial charge on any atom is -0.336 e. The Balaban J connectivity index is 2.28. The van der Waals surface area contributed by atoms with Gasteiger partial charge in [-0.25, -0.2) is 4.39 Å². The predicted molar refractivity (Wildman–Crippen MR) is 63.8 cm³/mol. The zero-order chi connectivity index (χ0) is 11.7. The van der Waals surface area contributed by atoms with Crippen LogP contribution in [0.1, 0.15) is 30.1 Å². The smallest absolute Gasteiger partial charge is 0.255 e. The van der Waals surface area contributed by atoms with E-state index in [4.69, 9.17) is 0 Å². The maximum absolute atomic E-state index is 13.1. The fourth-order valence-electron chi connectivity index (χ4n) is 1.77. The van der Waals surface area contributed by atoms with Crippen molar-refractivity contribution < 1.29 is 9.18 Å². The maximum Gasteiger partial charge on any atom is 0.255 e. The summed E-state index contributed by atoms with van der Waals surface area (Å²) in [6, 6.07) is 4.56. The highest BCUT2D eigenvalue weighted by atomic mass is 79.9. The van der Waals surface area contributed by atoms with Crippen molar-refractivity contribution in [2.24, 2.45) is 0 Å². The third-order valence-corrected chi connectivity index (χ3v) is 3.44. The molecule has 0 radical (unpaired) electrons. The largest absolute Gasteiger partial charge is 0.336 e. The molecule has 1 aliphatic carbocycles. The second kappa shape index (κ2) is 4.53. The number of nitrogens with zero attached hydrogens (tertiary/aromatic N) is 1. The van der Waals surface area contributed by atoms with Gasteiger partial charge in [-0.05, 0) is 53.9 Å². The lowest BCUT2D eigenvalue weighted by molar-refractivity contribution is 0.0751. The first kappa shape index (κ1) is 11.6. The molecule has 1 amide bonds. The molecular weight excluding hydrogens is 273 g/mol. The van der Waals surface area contributed by atoms with Crippen molar-refractivity contribution >= 4 is 21.8 Å². The fourth-order valence-corrected chi connectivity index (χ4v) is 2.19. The van der Waals surface area contributed by atoms with Crippen LogP contribution in [0.2, 0.25) is 0 Å². The molecule has 1 aromatic rings. The molecule has 1 aromatic carbocycles. The minimum atomic E-state index is -0.376. The number of carbonyl (C=O) groups is 1. The van der Waals surface area contributed by atoms with Crippen LogP contribution in [0.5, 0.6) is 0 Å². The molecule has 86 valence electrons. The summed E-state index contributed by atoms with van der Waals surface area (Å²) in [5, 5.41) is 0. The fraction of sp³-hybridized carbons (Fsp3) is 0.417. The first-order valence-electron chi connectivity index (χ1n) is 5.39. The summed E-state index contributed by atoms with van der Waals surface area (Å²) in [7, 11) is 0. The Morgan fingerprint density at radius 1 is 1.56 bits per heavy atom. The van der Waals surface area contributed by atoms with Crippen LogP contribution in [-0.4, -0.2) is 23.4 Å². The average Bonchev–Trinajstić information content (AvgIpc) is 3.07. The standard InChI is InChI=1S/C12H13BrFNO/c1-2-15(9-4-5-9)12(16)10-7-8(14)3-6-11(10)13/h3,6-7,9H,2,4-5H2,1H3. The van der Waals surface area contributed by atoms with E-state index in [1.165, 1.54) is 12.1 Å². The summed E-state index contributed by atoms with van der Waals surface area (Å²) in [5.74, 6) is -0.463. The molecule has 1 fully saturated rings. The lowest BCUT2D eigenvalue weighted by atomic mass is 10.2. The average molecular weight is 286 g/mol. The number of carbonyl (C=O) groups excluding carboxylic acids is 1. The second-order valence-corrected chi connectivity index (χ2v) is 4.80. The Morgan fingerprint density at radius 3 is 2.81 bits per heavy atom. The van der Waals surface area contributed by atoms with Crippen LogP contribution in [0.25, 0.3) is 0 Å². The van der Waals surface area contributed by atoms with Crippen LogP contribution in [0, 0.1) is 5.82 Å². The summed E-state index contributed by atoms with van der Waals surface area (Å²) in [5.41, 5.74) is 0.411. The Hall–Kier alpha value is -0.900. The molecule has 16 heavy (non-hydrogen) atoms. The van der Waals surface area contributed by atoms with Crippen LogP contribution in [0.4, 0.5) is 4.39 Å². The van der Waals surface area contributed by atoms with Crippen LogP contribution in [0.15, 0.2) is 22.7 Å². The normalized spacial score (nSPS) is 14.9. The number of hydrogen-bond donors (Lipinski definition) is 0. The quantitative estimate of drug-likeness (QED) is 0.835. The van der Waals surface area contributed by atoms with Gasteiger partial charge in [-0.15, -0.1) is 0 Å². The molecule has 0 unspecified atom stereocenters. The van der Waals surface area contributed by atoms with Crippen molar-refractivity contribution in [1.82, 2.24) is 4.90 Å². The summed E-state index contributed by atoms with van der Waals surface area (Å²) in [6.07, 6.45) is 2.12. The van der Waals surface area contributed by atoms with Gasteiger partial charge < -0.3 is 4.90 Å². The highest BCUT2D eigenvalue weighted by molar-refractivity contribution is 9.10. The molecule has 1 aliphatic rings. The van der Waals surface area contributed by atoms with Gasteiger partial charge in [-0.3, -0.25) is 4.79 Å². The molecule has 0 N–H and O–H groups in total. The Kier molecular flexibility index (Phi) is 3.28. The van der Waals surface area contributed by atoms with Gasteiger partial charge in [0.1, 0.15) is 5.82 Å². The number of amides is 1. The monoisotopic (exact) mass is 285 g/mol. The van der Waals surface area contributed by atoms with Gasteiger partial charge in [-0.1, -0.05) is 0 Å². The number of halogens is 2. The van der Waals surface area contributed by atoms with E-state index < -0.39 is 0 Å². The molecule has 2 nitrogen and oxygen atoms in total. The zero-order valence-electron chi connectivity index (χ0n) is 9.04. The second-order valence-electron chi connectivity index (χ2n) is 3.95. The van der Waals surface area contributed by atoms with E-state index >= 15 is 0 Å². The van der Waals surface area contributed by atoms with Crippen molar-refractivity contribution in [3.8, 4) is 0 Å². The lowest BCUT2D eigenvalue weighted by Crippen LogP contribution is -2.33. The van der Waals surface area contributed by atoms with E-state index in [2.05, 4.69) is 15.9 Å². The summed E-state index contributed by atoms with van der Waals surface area (Å²) >= 11 is 3.28. The first-order chi connectivity index (χ1) is 7.63. The van der Waals surface area contributed by atoms with Crippen molar-refractivity contribution in [1.29, 1.82) is 0 Å². The number of benzene rings is 1. The summed E-state index contributed by atoms with van der Waals surface area (Å²) < 4.78 is 13.8. The van der Waals surface area contributed by atoms with E-state index in [-0.39, 0.29) is 11.7 Å². The number of hydrogen-bond acceptors (Lipinski definition) is 1. The molecule has 1 saturated carbocycles. The number of rotatable bonds is 3. The Labute approximate surface area is 103 Å². The van der Waals surface area contributed by atoms with E-state index in [0.29, 0.717) is 22.6 Å². The van der Waals surface area contributed by atoms with E-state index in [0.717, 1.165) is 12.8 Å². The van der Waals surface area contributed by atoms with Gasteiger partial charge in [0, 0.05) is 17.1 Å². The predicted octanol–water partition coefficient (Wildman–Crippen LogP) is 3.21. The van der Waals surface area contributed by atoms with E-state index in [1.807, 2.05) is 6.92 Å². The topological polar surface area (TPSA) is 20.3 Å². The van der Waals surface area contributed by atoms with Crippen LogP contribution in [-0.2, 0) is 0 Å². The Morgan fingerprint density at radius 2 is 2.25 bits per heavy atom. The van der Waals surface area contributed by atoms with E-state index in [1.54, 1.807) is 11.0 Å². The van der Waals surface area contributed by atoms with Gasteiger partial charge >= 0.3 is 0 Å². The summed E-state index contributed by atoms with van der Waals surface area (Å²) in [6.45, 7) is 2.62. The lowest BCUT2D eigenvalue weighted by Gasteiger charge is -2.21. The summed E-state index contributed by atoms with van der Waals surface area (Å²) in [4.78, 5) is 14.0. The molecule has 4 heteroatoms. The molecular formula is C12H13BrFNO. The molecule has 0 spiro atoms. The molecule has 0 aromatic heterocycles. The molecule has 0 heterocycles. The van der Waals surface area contributed by atoms with Gasteiger partial charge in [0.2, 0.25) is 0 Å². The molecule has 0 atom stereocenters. The van der Waals surface area contributed by atoms with Crippen molar-refractivity contribution in [2.75, 3.05) is 6.54 Å². The third kappa shape index (κ3) is 2.26. The molecule has 0 aliphatic heterocycles. The van der Waals surface area contributed by atoms with Crippen LogP contribution in [0.3, 0.4) is 0 Å². The third-order valence-electron chi connectivity index (χ3n) is 2.75. The SMILES string of the molecule is CCN(C(=O)c1cc(F)ccc1Br)C1CC1. The molecule has 0 bridgehead atoms. The van der Waals surface area contributed by atoms with Crippen molar-refractivity contribution in [3.05, 3.63) is 34.1 Å². The molecule has 2 rings (SSSR count). The van der Waals surface area contributed by atoms with Crippen LogP contribution < -0.4 is 0 Å². The Bertz CT molecular complexity index is 417. The minimum absolute atomic E-state index is 0.0867. The van der Waals surface area contributed by atoms with Crippen molar-refractivity contribution in [3.63, 3.8) is 0 Å². The van der Waals surface area contributed by atoms with Gasteiger partial charge in [0.15, 0.2) is 0 Å².